The number of nitrogens with two attached hydrogens (primary N) is 1. The van der Waals surface area contributed by atoms with Gasteiger partial charge in [-0.05, 0) is 37.9 Å². The highest BCUT2D eigenvalue weighted by Gasteiger charge is 2.39. The number of ether oxygens (including phenoxy) is 1. The average Bonchev–Trinajstić information content (AvgIpc) is 2.55. The number of hydrogen-bond acceptors (Lipinski definition) is 4. The molecule has 0 bridgehead atoms. The van der Waals surface area contributed by atoms with Crippen LogP contribution in [0.5, 0.6) is 0 Å². The van der Waals surface area contributed by atoms with Crippen molar-refractivity contribution in [3.63, 3.8) is 0 Å². The van der Waals surface area contributed by atoms with Gasteiger partial charge in [-0.2, -0.15) is 17.5 Å². The number of benzene rings is 1. The molecular weight excluding hydrogens is 381 g/mol. The molecule has 1 aliphatic heterocycles. The van der Waals surface area contributed by atoms with Crippen LogP contribution in [-0.4, -0.2) is 45.1 Å². The summed E-state index contributed by atoms with van der Waals surface area (Å²) in [7, 11) is -4.19. The van der Waals surface area contributed by atoms with Crippen LogP contribution in [0, 0.1) is 0 Å². The highest BCUT2D eigenvalue weighted by Crippen LogP contribution is 2.35. The molecule has 1 heterocycles. The fraction of sp³-hybridized carbons (Fsp3) is 0.600. The first kappa shape index (κ1) is 22.2. The molecule has 0 amide bonds. The Hall–Kier alpha value is -0.870. The molecule has 0 aromatic heterocycles. The third-order valence-electron chi connectivity index (χ3n) is 3.91. The van der Waals surface area contributed by atoms with Crippen molar-refractivity contribution in [1.29, 1.82) is 0 Å². The van der Waals surface area contributed by atoms with Gasteiger partial charge in [0.1, 0.15) is 0 Å². The van der Waals surface area contributed by atoms with Gasteiger partial charge in [-0.3, -0.25) is 0 Å². The number of alkyl halides is 3. The van der Waals surface area contributed by atoms with Gasteiger partial charge in [-0.25, -0.2) is 8.42 Å². The van der Waals surface area contributed by atoms with Crippen LogP contribution in [0.1, 0.15) is 24.8 Å². The molecule has 1 aromatic carbocycles. The van der Waals surface area contributed by atoms with E-state index in [1.807, 2.05) is 0 Å². The Morgan fingerprint density at radius 2 is 1.80 bits per heavy atom. The van der Waals surface area contributed by atoms with Gasteiger partial charge in [0.15, 0.2) is 0 Å². The lowest BCUT2D eigenvalue weighted by atomic mass is 10.1. The first-order chi connectivity index (χ1) is 11.3. The summed E-state index contributed by atoms with van der Waals surface area (Å²) < 4.78 is 71.1. The van der Waals surface area contributed by atoms with E-state index in [0.29, 0.717) is 26.0 Å². The zero-order valence-corrected chi connectivity index (χ0v) is 15.2. The van der Waals surface area contributed by atoms with Crippen molar-refractivity contribution < 1.29 is 26.3 Å². The summed E-state index contributed by atoms with van der Waals surface area (Å²) in [5.41, 5.74) is 4.24. The van der Waals surface area contributed by atoms with Gasteiger partial charge in [0.2, 0.25) is 10.0 Å². The van der Waals surface area contributed by atoms with Crippen LogP contribution in [0.3, 0.4) is 0 Å². The van der Waals surface area contributed by atoms with Gasteiger partial charge in [0.05, 0.1) is 16.6 Å². The highest BCUT2D eigenvalue weighted by molar-refractivity contribution is 7.89. The number of nitrogens with zero attached hydrogens (tertiary/aromatic N) is 1. The van der Waals surface area contributed by atoms with Gasteiger partial charge in [0, 0.05) is 19.7 Å². The normalized spacial score (nSPS) is 17.3. The maximum atomic E-state index is 13.1. The minimum Gasteiger partial charge on any atom is -0.378 e. The van der Waals surface area contributed by atoms with Crippen LogP contribution in [0.2, 0.25) is 0 Å². The lowest BCUT2D eigenvalue weighted by molar-refractivity contribution is -0.139. The highest BCUT2D eigenvalue weighted by atomic mass is 35.5. The Balaban J connectivity index is 0.00000312. The number of halogens is 4. The van der Waals surface area contributed by atoms with E-state index in [2.05, 4.69) is 0 Å². The number of piperidine rings is 1. The van der Waals surface area contributed by atoms with Gasteiger partial charge in [0.25, 0.3) is 0 Å². The zero-order valence-electron chi connectivity index (χ0n) is 13.5. The van der Waals surface area contributed by atoms with E-state index in [1.165, 1.54) is 12.1 Å². The van der Waals surface area contributed by atoms with Crippen LogP contribution < -0.4 is 5.73 Å². The Morgan fingerprint density at radius 3 is 2.36 bits per heavy atom. The molecule has 5 nitrogen and oxygen atoms in total. The summed E-state index contributed by atoms with van der Waals surface area (Å²) >= 11 is 0. The molecule has 2 N–H and O–H groups in total. The monoisotopic (exact) mass is 402 g/mol. The van der Waals surface area contributed by atoms with E-state index >= 15 is 0 Å². The molecule has 25 heavy (non-hydrogen) atoms. The largest absolute Gasteiger partial charge is 0.417 e. The minimum absolute atomic E-state index is 0. The third-order valence-corrected chi connectivity index (χ3v) is 5.87. The second-order valence-electron chi connectivity index (χ2n) is 5.61. The second kappa shape index (κ2) is 9.18. The molecule has 0 aliphatic carbocycles. The van der Waals surface area contributed by atoms with E-state index in [9.17, 15) is 21.6 Å². The second-order valence-corrected chi connectivity index (χ2v) is 7.52. The summed E-state index contributed by atoms with van der Waals surface area (Å²) in [5.74, 6) is 0. The third kappa shape index (κ3) is 5.55. The van der Waals surface area contributed by atoms with Crippen molar-refractivity contribution in [2.24, 2.45) is 5.73 Å². The van der Waals surface area contributed by atoms with Crippen molar-refractivity contribution in [2.75, 3.05) is 26.2 Å². The van der Waals surface area contributed by atoms with Crippen LogP contribution in [0.25, 0.3) is 0 Å². The summed E-state index contributed by atoms with van der Waals surface area (Å²) in [6.07, 6.45) is -3.17. The molecule has 0 radical (unpaired) electrons. The molecule has 1 aliphatic rings. The van der Waals surface area contributed by atoms with Gasteiger partial charge >= 0.3 is 6.18 Å². The van der Waals surface area contributed by atoms with Gasteiger partial charge in [-0.15, -0.1) is 12.4 Å². The number of rotatable bonds is 6. The van der Waals surface area contributed by atoms with E-state index in [0.717, 1.165) is 22.9 Å². The number of sulfonamides is 1. The SMILES string of the molecule is Cl.NCCCOC1CCN(S(=O)(=O)c2ccccc2C(F)(F)F)CC1. The van der Waals surface area contributed by atoms with Crippen LogP contribution in [-0.2, 0) is 20.9 Å². The quantitative estimate of drug-likeness (QED) is 0.742. The fourth-order valence-electron chi connectivity index (χ4n) is 2.64. The minimum atomic E-state index is -4.71. The Kier molecular flexibility index (Phi) is 8.14. The summed E-state index contributed by atoms with van der Waals surface area (Å²) in [6, 6.07) is 4.27. The smallest absolute Gasteiger partial charge is 0.378 e. The van der Waals surface area contributed by atoms with Crippen molar-refractivity contribution in [1.82, 2.24) is 4.31 Å². The van der Waals surface area contributed by atoms with Crippen molar-refractivity contribution in [3.05, 3.63) is 29.8 Å². The summed E-state index contributed by atoms with van der Waals surface area (Å²) in [5, 5.41) is 0. The molecule has 0 unspecified atom stereocenters. The van der Waals surface area contributed by atoms with Gasteiger partial charge in [-0.1, -0.05) is 12.1 Å². The first-order valence-corrected chi connectivity index (χ1v) is 9.19. The van der Waals surface area contributed by atoms with E-state index in [-0.39, 0.29) is 31.6 Å². The molecule has 0 spiro atoms. The topological polar surface area (TPSA) is 72.6 Å². The Bertz CT molecular complexity index is 648. The summed E-state index contributed by atoms with van der Waals surface area (Å²) in [4.78, 5) is -0.694. The van der Waals surface area contributed by atoms with E-state index < -0.39 is 26.7 Å². The standard InChI is InChI=1S/C15H21F3N2O3S.ClH/c16-15(17,18)13-4-1-2-5-14(13)24(21,22)20-9-6-12(7-10-20)23-11-3-8-19;/h1-2,4-5,12H,3,6-11,19H2;1H. The van der Waals surface area contributed by atoms with Gasteiger partial charge < -0.3 is 10.5 Å². The van der Waals surface area contributed by atoms with Crippen LogP contribution in [0.15, 0.2) is 29.2 Å². The van der Waals surface area contributed by atoms with Crippen molar-refractivity contribution >= 4 is 22.4 Å². The van der Waals surface area contributed by atoms with E-state index in [1.54, 1.807) is 0 Å². The molecule has 1 saturated heterocycles. The zero-order chi connectivity index (χ0) is 17.8. The van der Waals surface area contributed by atoms with Crippen molar-refractivity contribution in [3.8, 4) is 0 Å². The van der Waals surface area contributed by atoms with Crippen molar-refractivity contribution in [2.45, 2.75) is 36.4 Å². The van der Waals surface area contributed by atoms with Crippen LogP contribution >= 0.6 is 12.4 Å². The first-order valence-electron chi connectivity index (χ1n) is 7.75. The lowest BCUT2D eigenvalue weighted by Crippen LogP contribution is -2.41. The summed E-state index contributed by atoms with van der Waals surface area (Å²) in [6.45, 7) is 1.30. The predicted octanol–water partition coefficient (Wildman–Crippen LogP) is 2.65. The molecular formula is C15H22ClF3N2O3S. The van der Waals surface area contributed by atoms with Crippen LogP contribution in [0.4, 0.5) is 13.2 Å². The predicted molar refractivity (Wildman–Crippen MR) is 90.1 cm³/mol. The Morgan fingerprint density at radius 1 is 1.20 bits per heavy atom. The Labute approximate surface area is 151 Å². The lowest BCUT2D eigenvalue weighted by Gasteiger charge is -2.31. The molecule has 0 saturated carbocycles. The fourth-order valence-corrected chi connectivity index (χ4v) is 4.32. The molecule has 0 atom stereocenters. The van der Waals surface area contributed by atoms with E-state index in [4.69, 9.17) is 10.5 Å². The molecule has 144 valence electrons. The maximum absolute atomic E-state index is 13.1. The molecule has 10 heteroatoms. The average molecular weight is 403 g/mol. The molecule has 1 fully saturated rings. The molecule has 1 aromatic rings. The molecule has 2 rings (SSSR count). The maximum Gasteiger partial charge on any atom is 0.417 e. The number of hydrogen-bond donors (Lipinski definition) is 1.